The molecule has 2 N–H and O–H groups in total. The molecule has 0 aliphatic carbocycles. The molecule has 0 radical (unpaired) electrons. The highest BCUT2D eigenvalue weighted by Gasteiger charge is 2.08. The number of aryl methyl sites for hydroxylation is 1. The number of anilines is 2. The summed E-state index contributed by atoms with van der Waals surface area (Å²) < 4.78 is 6.51. The predicted octanol–water partition coefficient (Wildman–Crippen LogP) is 2.60. The average Bonchev–Trinajstić information content (AvgIpc) is 2.81. The Hall–Kier alpha value is -2.73. The Morgan fingerprint density at radius 3 is 2.61 bits per heavy atom. The summed E-state index contributed by atoms with van der Waals surface area (Å²) in [5.41, 5.74) is 2.59. The maximum atomic E-state index is 11.9. The number of para-hydroxylation sites is 1. The first-order chi connectivity index (χ1) is 10.6. The second kappa shape index (κ2) is 7.02. The van der Waals surface area contributed by atoms with Gasteiger partial charge in [0.15, 0.2) is 5.58 Å². The molecular weight excluding hydrogens is 318 g/mol. The maximum absolute atomic E-state index is 11.9. The van der Waals surface area contributed by atoms with Gasteiger partial charge < -0.3 is 15.1 Å². The van der Waals surface area contributed by atoms with Gasteiger partial charge in [0, 0.05) is 24.5 Å². The number of benzene rings is 2. The van der Waals surface area contributed by atoms with Crippen LogP contribution in [0, 0.1) is 0 Å². The first kappa shape index (κ1) is 16.6. The van der Waals surface area contributed by atoms with Crippen LogP contribution in [0.4, 0.5) is 11.4 Å². The van der Waals surface area contributed by atoms with Crippen molar-refractivity contribution in [2.24, 2.45) is 7.05 Å². The average molecular weight is 334 g/mol. The molecule has 0 fully saturated rings. The normalized spacial score (nSPS) is 10.1. The van der Waals surface area contributed by atoms with Crippen LogP contribution in [-0.4, -0.2) is 17.0 Å². The van der Waals surface area contributed by atoms with Gasteiger partial charge in [-0.15, -0.1) is 12.4 Å². The zero-order chi connectivity index (χ0) is 15.5. The molecule has 120 valence electrons. The molecule has 0 spiro atoms. The van der Waals surface area contributed by atoms with Crippen LogP contribution in [0.15, 0.2) is 57.7 Å². The van der Waals surface area contributed by atoms with Crippen LogP contribution in [0.25, 0.3) is 11.1 Å². The molecule has 1 heterocycles. The van der Waals surface area contributed by atoms with Gasteiger partial charge in [-0.1, -0.05) is 18.2 Å². The fraction of sp³-hybridized carbons (Fsp3) is 0.125. The molecule has 1 aromatic heterocycles. The van der Waals surface area contributed by atoms with Crippen LogP contribution in [-0.2, 0) is 11.8 Å². The molecule has 0 saturated carbocycles. The van der Waals surface area contributed by atoms with E-state index < -0.39 is 5.76 Å². The van der Waals surface area contributed by atoms with Crippen molar-refractivity contribution in [2.75, 3.05) is 17.2 Å². The lowest BCUT2D eigenvalue weighted by Gasteiger charge is -2.07. The minimum Gasteiger partial charge on any atom is -0.408 e. The third-order valence-electron chi connectivity index (χ3n) is 3.30. The highest BCUT2D eigenvalue weighted by atomic mass is 35.5. The quantitative estimate of drug-likeness (QED) is 0.769. The molecular formula is C16H16ClN3O3. The molecule has 0 saturated heterocycles. The lowest BCUT2D eigenvalue weighted by atomic mass is 10.3. The van der Waals surface area contributed by atoms with Gasteiger partial charge in [0.2, 0.25) is 5.91 Å². The predicted molar refractivity (Wildman–Crippen MR) is 92.3 cm³/mol. The molecule has 0 unspecified atom stereocenters. The fourth-order valence-corrected chi connectivity index (χ4v) is 2.16. The first-order valence-corrected chi connectivity index (χ1v) is 6.82. The van der Waals surface area contributed by atoms with E-state index in [9.17, 15) is 9.59 Å². The minimum atomic E-state index is -0.427. The van der Waals surface area contributed by atoms with E-state index in [1.54, 1.807) is 25.2 Å². The Bertz CT molecular complexity index is 871. The van der Waals surface area contributed by atoms with E-state index in [0.29, 0.717) is 16.8 Å². The van der Waals surface area contributed by atoms with E-state index in [-0.39, 0.29) is 24.9 Å². The van der Waals surface area contributed by atoms with Gasteiger partial charge in [-0.3, -0.25) is 9.36 Å². The molecule has 0 bridgehead atoms. The number of hydrogen-bond acceptors (Lipinski definition) is 4. The number of amides is 1. The number of carbonyl (C=O) groups excluding carboxylic acids is 1. The van der Waals surface area contributed by atoms with Crippen molar-refractivity contribution in [1.82, 2.24) is 4.57 Å². The Labute approximate surface area is 138 Å². The molecule has 0 aliphatic rings. The lowest BCUT2D eigenvalue weighted by molar-refractivity contribution is -0.114. The number of carbonyl (C=O) groups is 1. The topological polar surface area (TPSA) is 76.3 Å². The van der Waals surface area contributed by atoms with Crippen LogP contribution in [0.3, 0.4) is 0 Å². The largest absolute Gasteiger partial charge is 0.419 e. The third kappa shape index (κ3) is 3.73. The smallest absolute Gasteiger partial charge is 0.408 e. The van der Waals surface area contributed by atoms with Crippen molar-refractivity contribution in [3.05, 3.63) is 59.1 Å². The summed E-state index contributed by atoms with van der Waals surface area (Å²) in [5, 5.41) is 5.79. The van der Waals surface area contributed by atoms with E-state index in [0.717, 1.165) is 5.69 Å². The Morgan fingerprint density at radius 2 is 1.87 bits per heavy atom. The van der Waals surface area contributed by atoms with Crippen molar-refractivity contribution in [2.45, 2.75) is 0 Å². The standard InChI is InChI=1S/C16H15N3O3.ClH/c1-19-13-8-7-12(9-14(13)22-16(19)21)18-15(20)10-17-11-5-3-2-4-6-11;/h2-9,17H,10H2,1H3,(H,18,20);1H. The van der Waals surface area contributed by atoms with Crippen LogP contribution in [0.5, 0.6) is 0 Å². The van der Waals surface area contributed by atoms with Crippen molar-refractivity contribution in [1.29, 1.82) is 0 Å². The number of hydrogen-bond donors (Lipinski definition) is 2. The molecule has 3 rings (SSSR count). The number of halogens is 1. The number of fused-ring (bicyclic) bond motifs is 1. The summed E-state index contributed by atoms with van der Waals surface area (Å²) in [5.74, 6) is -0.606. The SMILES string of the molecule is Cl.Cn1c(=O)oc2cc(NC(=O)CNc3ccccc3)ccc21. The molecule has 7 heteroatoms. The molecule has 3 aromatic rings. The lowest BCUT2D eigenvalue weighted by Crippen LogP contribution is -2.21. The van der Waals surface area contributed by atoms with E-state index in [4.69, 9.17) is 4.42 Å². The minimum absolute atomic E-state index is 0. The van der Waals surface area contributed by atoms with Crippen molar-refractivity contribution >= 4 is 40.8 Å². The summed E-state index contributed by atoms with van der Waals surface area (Å²) in [6.07, 6.45) is 0. The van der Waals surface area contributed by atoms with Gasteiger partial charge in [0.25, 0.3) is 0 Å². The van der Waals surface area contributed by atoms with E-state index >= 15 is 0 Å². The Morgan fingerprint density at radius 1 is 1.13 bits per heavy atom. The second-order valence-electron chi connectivity index (χ2n) is 4.88. The monoisotopic (exact) mass is 333 g/mol. The maximum Gasteiger partial charge on any atom is 0.419 e. The summed E-state index contributed by atoms with van der Waals surface area (Å²) in [6, 6.07) is 14.6. The zero-order valence-electron chi connectivity index (χ0n) is 12.4. The van der Waals surface area contributed by atoms with E-state index in [2.05, 4.69) is 10.6 Å². The summed E-state index contributed by atoms with van der Waals surface area (Å²) in [4.78, 5) is 23.4. The molecule has 6 nitrogen and oxygen atoms in total. The zero-order valence-corrected chi connectivity index (χ0v) is 13.2. The van der Waals surface area contributed by atoms with Gasteiger partial charge in [0.05, 0.1) is 12.1 Å². The summed E-state index contributed by atoms with van der Waals surface area (Å²) in [6.45, 7) is 0.154. The number of aromatic nitrogens is 1. The van der Waals surface area contributed by atoms with Crippen LogP contribution < -0.4 is 16.4 Å². The third-order valence-corrected chi connectivity index (χ3v) is 3.30. The molecule has 1 amide bonds. The molecule has 23 heavy (non-hydrogen) atoms. The van der Waals surface area contributed by atoms with E-state index in [1.807, 2.05) is 30.3 Å². The van der Waals surface area contributed by atoms with Crippen LogP contribution in [0.1, 0.15) is 0 Å². The van der Waals surface area contributed by atoms with Crippen LogP contribution >= 0.6 is 12.4 Å². The van der Waals surface area contributed by atoms with Gasteiger partial charge in [-0.05, 0) is 24.3 Å². The highest BCUT2D eigenvalue weighted by Crippen LogP contribution is 2.17. The number of rotatable bonds is 4. The van der Waals surface area contributed by atoms with Crippen LogP contribution in [0.2, 0.25) is 0 Å². The number of nitrogens with one attached hydrogen (secondary N) is 2. The number of oxazole rings is 1. The molecule has 0 atom stereocenters. The van der Waals surface area contributed by atoms with E-state index in [1.165, 1.54) is 4.57 Å². The summed E-state index contributed by atoms with van der Waals surface area (Å²) >= 11 is 0. The van der Waals surface area contributed by atoms with Crippen molar-refractivity contribution < 1.29 is 9.21 Å². The van der Waals surface area contributed by atoms with Gasteiger partial charge in [0.1, 0.15) is 0 Å². The van der Waals surface area contributed by atoms with Gasteiger partial charge in [-0.2, -0.15) is 0 Å². The first-order valence-electron chi connectivity index (χ1n) is 6.82. The van der Waals surface area contributed by atoms with Crippen molar-refractivity contribution in [3.8, 4) is 0 Å². The van der Waals surface area contributed by atoms with Crippen molar-refractivity contribution in [3.63, 3.8) is 0 Å². The second-order valence-corrected chi connectivity index (χ2v) is 4.88. The Balaban J connectivity index is 0.00000192. The van der Waals surface area contributed by atoms with Gasteiger partial charge in [-0.25, -0.2) is 4.79 Å². The fourth-order valence-electron chi connectivity index (χ4n) is 2.16. The summed E-state index contributed by atoms with van der Waals surface area (Å²) in [7, 11) is 1.64. The Kier molecular flexibility index (Phi) is 5.08. The molecule has 2 aromatic carbocycles. The van der Waals surface area contributed by atoms with Gasteiger partial charge >= 0.3 is 5.76 Å². The molecule has 0 aliphatic heterocycles. The number of nitrogens with zero attached hydrogens (tertiary/aromatic N) is 1. The highest BCUT2D eigenvalue weighted by molar-refractivity contribution is 5.95.